The van der Waals surface area contributed by atoms with Crippen LogP contribution in [0, 0.1) is 6.92 Å². The summed E-state index contributed by atoms with van der Waals surface area (Å²) in [6.45, 7) is 2.57. The number of nitrogens with one attached hydrogen (secondary N) is 1. The Labute approximate surface area is 122 Å². The predicted octanol–water partition coefficient (Wildman–Crippen LogP) is 2.24. The Kier molecular flexibility index (Phi) is 3.78. The zero-order chi connectivity index (χ0) is 13.9. The average molecular weight is 287 g/mol. The van der Waals surface area contributed by atoms with E-state index in [2.05, 4.69) is 27.6 Å². The molecule has 1 unspecified atom stereocenters. The molecule has 0 aliphatic heterocycles. The Morgan fingerprint density at radius 1 is 1.40 bits per heavy atom. The van der Waals surface area contributed by atoms with Crippen molar-refractivity contribution in [2.45, 2.75) is 32.1 Å². The summed E-state index contributed by atoms with van der Waals surface area (Å²) in [6, 6.07) is 8.23. The molecule has 1 aromatic carbocycles. The van der Waals surface area contributed by atoms with Gasteiger partial charge in [-0.05, 0) is 30.9 Å². The van der Waals surface area contributed by atoms with Crippen molar-refractivity contribution in [3.8, 4) is 0 Å². The minimum Gasteiger partial charge on any atom is -0.355 e. The number of carbonyl (C=O) groups is 1. The number of hydrogen-bond donors (Lipinski definition) is 1. The van der Waals surface area contributed by atoms with Crippen LogP contribution in [0.3, 0.4) is 0 Å². The number of nitrogens with zero attached hydrogens (tertiary/aromatic N) is 2. The minimum absolute atomic E-state index is 0.0161. The zero-order valence-electron chi connectivity index (χ0n) is 11.4. The molecule has 0 saturated heterocycles. The van der Waals surface area contributed by atoms with E-state index in [1.54, 1.807) is 11.3 Å². The van der Waals surface area contributed by atoms with Gasteiger partial charge >= 0.3 is 0 Å². The van der Waals surface area contributed by atoms with E-state index in [0.717, 1.165) is 29.3 Å². The topological polar surface area (TPSA) is 54.9 Å². The Balaban J connectivity index is 1.55. The maximum Gasteiger partial charge on any atom is 0.227 e. The van der Waals surface area contributed by atoms with Crippen LogP contribution in [0.1, 0.15) is 33.5 Å². The first-order valence-corrected chi connectivity index (χ1v) is 7.70. The maximum atomic E-state index is 12.3. The molecule has 5 heteroatoms. The third kappa shape index (κ3) is 2.72. The monoisotopic (exact) mass is 287 g/mol. The van der Waals surface area contributed by atoms with E-state index in [1.165, 1.54) is 11.1 Å². The van der Waals surface area contributed by atoms with Crippen molar-refractivity contribution in [1.82, 2.24) is 15.5 Å². The van der Waals surface area contributed by atoms with E-state index in [4.69, 9.17) is 0 Å². The van der Waals surface area contributed by atoms with E-state index in [9.17, 15) is 4.79 Å². The quantitative estimate of drug-likeness (QED) is 0.938. The molecule has 1 atom stereocenters. The lowest BCUT2D eigenvalue weighted by molar-refractivity contribution is -0.122. The van der Waals surface area contributed by atoms with Crippen molar-refractivity contribution in [3.05, 3.63) is 45.4 Å². The van der Waals surface area contributed by atoms with Gasteiger partial charge in [-0.1, -0.05) is 24.3 Å². The van der Waals surface area contributed by atoms with Gasteiger partial charge in [-0.15, -0.1) is 21.5 Å². The van der Waals surface area contributed by atoms with Crippen LogP contribution < -0.4 is 5.32 Å². The molecule has 0 radical (unpaired) electrons. The lowest BCUT2D eigenvalue weighted by Gasteiger charge is -2.11. The van der Waals surface area contributed by atoms with Gasteiger partial charge in [0, 0.05) is 13.0 Å². The molecule has 0 saturated carbocycles. The highest BCUT2D eigenvalue weighted by atomic mass is 32.1. The highest BCUT2D eigenvalue weighted by Crippen LogP contribution is 2.32. The van der Waals surface area contributed by atoms with Crippen molar-refractivity contribution >= 4 is 17.2 Å². The van der Waals surface area contributed by atoms with Crippen LogP contribution in [-0.4, -0.2) is 22.6 Å². The zero-order valence-corrected chi connectivity index (χ0v) is 12.2. The lowest BCUT2D eigenvalue weighted by atomic mass is 10.0. The molecule has 0 fully saturated rings. The van der Waals surface area contributed by atoms with Gasteiger partial charge in [-0.3, -0.25) is 4.79 Å². The molecule has 4 nitrogen and oxygen atoms in total. The van der Waals surface area contributed by atoms with Crippen molar-refractivity contribution in [2.75, 3.05) is 6.54 Å². The number of aryl methyl sites for hydroxylation is 2. The first-order valence-electron chi connectivity index (χ1n) is 6.88. The third-order valence-electron chi connectivity index (χ3n) is 3.66. The molecule has 1 aliphatic rings. The molecule has 0 bridgehead atoms. The summed E-state index contributed by atoms with van der Waals surface area (Å²) in [4.78, 5) is 12.3. The Morgan fingerprint density at radius 3 is 3.05 bits per heavy atom. The van der Waals surface area contributed by atoms with Crippen LogP contribution in [-0.2, 0) is 17.6 Å². The second-order valence-electron chi connectivity index (χ2n) is 5.05. The van der Waals surface area contributed by atoms with E-state index < -0.39 is 0 Å². The largest absolute Gasteiger partial charge is 0.355 e. The number of benzene rings is 1. The van der Waals surface area contributed by atoms with Crippen molar-refractivity contribution < 1.29 is 4.79 Å². The smallest absolute Gasteiger partial charge is 0.227 e. The average Bonchev–Trinajstić information content (AvgIpc) is 3.05. The van der Waals surface area contributed by atoms with Crippen LogP contribution in [0.15, 0.2) is 24.3 Å². The lowest BCUT2D eigenvalue weighted by Crippen LogP contribution is -2.30. The van der Waals surface area contributed by atoms with Gasteiger partial charge in [-0.2, -0.15) is 0 Å². The number of amides is 1. The molecule has 1 amide bonds. The summed E-state index contributed by atoms with van der Waals surface area (Å²) in [5.41, 5.74) is 2.50. The number of fused-ring (bicyclic) bond motifs is 1. The molecule has 104 valence electrons. The second-order valence-corrected chi connectivity index (χ2v) is 6.31. The van der Waals surface area contributed by atoms with Crippen molar-refractivity contribution in [3.63, 3.8) is 0 Å². The van der Waals surface area contributed by atoms with Crippen LogP contribution >= 0.6 is 11.3 Å². The van der Waals surface area contributed by atoms with E-state index in [-0.39, 0.29) is 11.8 Å². The molecule has 2 aromatic rings. The Morgan fingerprint density at radius 2 is 2.25 bits per heavy atom. The fourth-order valence-electron chi connectivity index (χ4n) is 2.68. The SMILES string of the molecule is Cc1nnc(CCNC(=O)C2CCc3ccccc32)s1. The van der Waals surface area contributed by atoms with Gasteiger partial charge < -0.3 is 5.32 Å². The first kappa shape index (κ1) is 13.2. The molecule has 0 spiro atoms. The van der Waals surface area contributed by atoms with Gasteiger partial charge in [0.2, 0.25) is 5.91 Å². The molecular weight excluding hydrogens is 270 g/mol. The highest BCUT2D eigenvalue weighted by molar-refractivity contribution is 7.11. The highest BCUT2D eigenvalue weighted by Gasteiger charge is 2.27. The molecule has 1 aliphatic carbocycles. The molecule has 1 aromatic heterocycles. The predicted molar refractivity (Wildman–Crippen MR) is 78.9 cm³/mol. The van der Waals surface area contributed by atoms with Gasteiger partial charge in [0.1, 0.15) is 10.0 Å². The Hall–Kier alpha value is -1.75. The standard InChI is InChI=1S/C15H17N3OS/c1-10-17-18-14(20-10)8-9-16-15(19)13-7-6-11-4-2-3-5-12(11)13/h2-5,13H,6-9H2,1H3,(H,16,19). The van der Waals surface area contributed by atoms with Gasteiger partial charge in [-0.25, -0.2) is 0 Å². The summed E-state index contributed by atoms with van der Waals surface area (Å²) >= 11 is 1.59. The fraction of sp³-hybridized carbons (Fsp3) is 0.400. The molecule has 20 heavy (non-hydrogen) atoms. The summed E-state index contributed by atoms with van der Waals surface area (Å²) < 4.78 is 0. The van der Waals surface area contributed by atoms with Crippen LogP contribution in [0.25, 0.3) is 0 Å². The summed E-state index contributed by atoms with van der Waals surface area (Å²) in [5.74, 6) is 0.151. The summed E-state index contributed by atoms with van der Waals surface area (Å²) in [6.07, 6.45) is 2.68. The van der Waals surface area contributed by atoms with E-state index in [0.29, 0.717) is 6.54 Å². The van der Waals surface area contributed by atoms with Gasteiger partial charge in [0.15, 0.2) is 0 Å². The molecule has 1 N–H and O–H groups in total. The number of hydrogen-bond acceptors (Lipinski definition) is 4. The Bertz CT molecular complexity index is 623. The maximum absolute atomic E-state index is 12.3. The number of aromatic nitrogens is 2. The molecule has 3 rings (SSSR count). The van der Waals surface area contributed by atoms with E-state index in [1.807, 2.05) is 19.1 Å². The normalized spacial score (nSPS) is 16.9. The number of carbonyl (C=O) groups excluding carboxylic acids is 1. The van der Waals surface area contributed by atoms with Gasteiger partial charge in [0.05, 0.1) is 5.92 Å². The molecular formula is C15H17N3OS. The summed E-state index contributed by atoms with van der Waals surface area (Å²) in [7, 11) is 0. The minimum atomic E-state index is 0.0161. The number of rotatable bonds is 4. The van der Waals surface area contributed by atoms with E-state index >= 15 is 0 Å². The fourth-order valence-corrected chi connectivity index (χ4v) is 3.39. The second kappa shape index (κ2) is 5.71. The third-order valence-corrected chi connectivity index (χ3v) is 4.55. The van der Waals surface area contributed by atoms with Crippen LogP contribution in [0.2, 0.25) is 0 Å². The van der Waals surface area contributed by atoms with Crippen molar-refractivity contribution in [2.24, 2.45) is 0 Å². The first-order chi connectivity index (χ1) is 9.74. The molecule has 1 heterocycles. The van der Waals surface area contributed by atoms with Crippen LogP contribution in [0.5, 0.6) is 0 Å². The van der Waals surface area contributed by atoms with Crippen LogP contribution in [0.4, 0.5) is 0 Å². The van der Waals surface area contributed by atoms with Crippen molar-refractivity contribution in [1.29, 1.82) is 0 Å². The van der Waals surface area contributed by atoms with Gasteiger partial charge in [0.25, 0.3) is 0 Å². The summed E-state index contributed by atoms with van der Waals surface area (Å²) in [5, 5.41) is 13.0.